The van der Waals surface area contributed by atoms with Gasteiger partial charge < -0.3 is 5.11 Å². The number of nitrogens with zero attached hydrogens (tertiary/aromatic N) is 2. The van der Waals surface area contributed by atoms with E-state index in [4.69, 9.17) is 5.11 Å². The molecule has 7 nitrogen and oxygen atoms in total. The van der Waals surface area contributed by atoms with Gasteiger partial charge in [-0.15, -0.1) is 10.2 Å². The normalized spacial score (nSPS) is 11.3. The first kappa shape index (κ1) is 15.3. The number of halogens is 1. The molecular formula is C11H10FN3O4S2. The summed E-state index contributed by atoms with van der Waals surface area (Å²) in [5.74, 6) is -2.40. The number of aryl methyl sites for hydroxylation is 1. The highest BCUT2D eigenvalue weighted by molar-refractivity contribution is 7.93. The van der Waals surface area contributed by atoms with Crippen LogP contribution in [-0.2, 0) is 16.4 Å². The first-order valence-electron chi connectivity index (χ1n) is 5.71. The number of sulfonamides is 1. The molecule has 0 saturated carbocycles. The lowest BCUT2D eigenvalue weighted by molar-refractivity contribution is 0.0696. The maximum Gasteiger partial charge on any atom is 0.335 e. The van der Waals surface area contributed by atoms with Gasteiger partial charge in [0.2, 0.25) is 5.13 Å². The molecule has 0 bridgehead atoms. The van der Waals surface area contributed by atoms with Gasteiger partial charge in [-0.25, -0.2) is 17.6 Å². The quantitative estimate of drug-likeness (QED) is 0.863. The first-order valence-corrected chi connectivity index (χ1v) is 8.01. The van der Waals surface area contributed by atoms with Crippen molar-refractivity contribution in [2.24, 2.45) is 0 Å². The summed E-state index contributed by atoms with van der Waals surface area (Å²) in [6.45, 7) is 1.83. The number of hydrogen-bond acceptors (Lipinski definition) is 6. The smallest absolute Gasteiger partial charge is 0.335 e. The summed E-state index contributed by atoms with van der Waals surface area (Å²) in [6.07, 6.45) is 0.586. The third kappa shape index (κ3) is 3.34. The minimum Gasteiger partial charge on any atom is -0.478 e. The highest BCUT2D eigenvalue weighted by Gasteiger charge is 2.22. The molecule has 2 aromatic rings. The van der Waals surface area contributed by atoms with Gasteiger partial charge in [-0.1, -0.05) is 18.3 Å². The molecule has 0 radical (unpaired) electrons. The van der Waals surface area contributed by atoms with Crippen molar-refractivity contribution < 1.29 is 22.7 Å². The van der Waals surface area contributed by atoms with Gasteiger partial charge in [0.1, 0.15) is 15.7 Å². The molecule has 10 heteroatoms. The Hall–Kier alpha value is -2.07. The van der Waals surface area contributed by atoms with E-state index in [1.54, 1.807) is 0 Å². The Morgan fingerprint density at radius 2 is 2.14 bits per heavy atom. The fraction of sp³-hybridized carbons (Fsp3) is 0.182. The number of carboxylic acid groups (broad SMARTS) is 1. The third-order valence-electron chi connectivity index (χ3n) is 2.46. The topological polar surface area (TPSA) is 109 Å². The predicted octanol–water partition coefficient (Wildman–Crippen LogP) is 1.74. The molecular weight excluding hydrogens is 321 g/mol. The number of carboxylic acids is 1. The molecule has 0 aliphatic rings. The van der Waals surface area contributed by atoms with Crippen molar-refractivity contribution in [1.29, 1.82) is 0 Å². The summed E-state index contributed by atoms with van der Waals surface area (Å²) in [4.78, 5) is 10.1. The summed E-state index contributed by atoms with van der Waals surface area (Å²) in [7, 11) is -4.28. The minimum atomic E-state index is -4.28. The Bertz CT molecular complexity index is 789. The largest absolute Gasteiger partial charge is 0.478 e. The lowest BCUT2D eigenvalue weighted by Crippen LogP contribution is -2.15. The van der Waals surface area contributed by atoms with E-state index in [0.717, 1.165) is 29.5 Å². The van der Waals surface area contributed by atoms with Crippen LogP contribution < -0.4 is 4.72 Å². The molecule has 0 saturated heterocycles. The number of benzene rings is 1. The van der Waals surface area contributed by atoms with E-state index >= 15 is 0 Å². The maximum atomic E-state index is 13.7. The van der Waals surface area contributed by atoms with Crippen LogP contribution in [0, 0.1) is 5.82 Å². The van der Waals surface area contributed by atoms with Crippen molar-refractivity contribution in [3.05, 3.63) is 34.6 Å². The van der Waals surface area contributed by atoms with Gasteiger partial charge in [-0.2, -0.15) is 0 Å². The van der Waals surface area contributed by atoms with Crippen molar-refractivity contribution in [3.8, 4) is 0 Å². The van der Waals surface area contributed by atoms with Crippen LogP contribution in [0.1, 0.15) is 22.3 Å². The van der Waals surface area contributed by atoms with Crippen LogP contribution in [0.25, 0.3) is 0 Å². The summed E-state index contributed by atoms with van der Waals surface area (Å²) in [5, 5.41) is 16.8. The molecule has 0 aliphatic heterocycles. The molecule has 0 amide bonds. The van der Waals surface area contributed by atoms with Crippen molar-refractivity contribution in [3.63, 3.8) is 0 Å². The van der Waals surface area contributed by atoms with Crippen molar-refractivity contribution in [2.75, 3.05) is 4.72 Å². The van der Waals surface area contributed by atoms with E-state index < -0.39 is 26.7 Å². The number of nitrogens with one attached hydrogen (secondary N) is 1. The second-order valence-electron chi connectivity index (χ2n) is 3.91. The van der Waals surface area contributed by atoms with Crippen molar-refractivity contribution in [1.82, 2.24) is 10.2 Å². The first-order chi connectivity index (χ1) is 9.83. The standard InChI is InChI=1S/C11H10FN3O4S2/c1-2-9-13-14-11(20-9)15-21(18,19)8-5-6(10(16)17)3-4-7(8)12/h3-5H,2H2,1H3,(H,14,15)(H,16,17). The van der Waals surface area contributed by atoms with Crippen LogP contribution in [0.15, 0.2) is 23.1 Å². The average Bonchev–Trinajstić information content (AvgIpc) is 2.85. The Morgan fingerprint density at radius 1 is 1.43 bits per heavy atom. The summed E-state index contributed by atoms with van der Waals surface area (Å²) >= 11 is 1.02. The zero-order valence-corrected chi connectivity index (χ0v) is 12.3. The van der Waals surface area contributed by atoms with E-state index in [1.165, 1.54) is 0 Å². The number of aromatic nitrogens is 2. The van der Waals surface area contributed by atoms with E-state index in [9.17, 15) is 17.6 Å². The molecule has 1 aromatic carbocycles. The Balaban J connectivity index is 2.39. The number of rotatable bonds is 5. The van der Waals surface area contributed by atoms with Gasteiger partial charge in [0, 0.05) is 0 Å². The molecule has 0 spiro atoms. The lowest BCUT2D eigenvalue weighted by Gasteiger charge is -2.06. The van der Waals surface area contributed by atoms with Gasteiger partial charge in [0.05, 0.1) is 5.56 Å². The highest BCUT2D eigenvalue weighted by atomic mass is 32.2. The molecule has 1 aromatic heterocycles. The number of aromatic carboxylic acids is 1. The van der Waals surface area contributed by atoms with Crippen LogP contribution >= 0.6 is 11.3 Å². The molecule has 21 heavy (non-hydrogen) atoms. The van der Waals surface area contributed by atoms with Crippen LogP contribution in [0.4, 0.5) is 9.52 Å². The second-order valence-corrected chi connectivity index (χ2v) is 6.62. The molecule has 112 valence electrons. The molecule has 0 unspecified atom stereocenters. The summed E-state index contributed by atoms with van der Waals surface area (Å²) in [5.41, 5.74) is -0.330. The van der Waals surface area contributed by atoms with E-state index in [0.29, 0.717) is 11.4 Å². The van der Waals surface area contributed by atoms with Crippen LogP contribution in [0.3, 0.4) is 0 Å². The fourth-order valence-corrected chi connectivity index (χ4v) is 3.46. The Labute approximate surface area is 123 Å². The zero-order chi connectivity index (χ0) is 15.6. The van der Waals surface area contributed by atoms with Crippen molar-refractivity contribution >= 4 is 32.5 Å². The highest BCUT2D eigenvalue weighted by Crippen LogP contribution is 2.22. The molecule has 0 aliphatic carbocycles. The van der Waals surface area contributed by atoms with E-state index in [1.807, 2.05) is 6.92 Å². The van der Waals surface area contributed by atoms with Crippen molar-refractivity contribution in [2.45, 2.75) is 18.2 Å². The SMILES string of the molecule is CCc1nnc(NS(=O)(=O)c2cc(C(=O)O)ccc2F)s1. The van der Waals surface area contributed by atoms with E-state index in [2.05, 4.69) is 14.9 Å². The fourth-order valence-electron chi connectivity index (χ4n) is 1.45. The maximum absolute atomic E-state index is 13.7. The molecule has 0 fully saturated rings. The second kappa shape index (κ2) is 5.74. The zero-order valence-electron chi connectivity index (χ0n) is 10.7. The van der Waals surface area contributed by atoms with Gasteiger partial charge in [-0.3, -0.25) is 4.72 Å². The van der Waals surface area contributed by atoms with Gasteiger partial charge in [0.15, 0.2) is 0 Å². The van der Waals surface area contributed by atoms with Crippen LogP contribution in [0.5, 0.6) is 0 Å². The number of anilines is 1. The van der Waals surface area contributed by atoms with Crippen LogP contribution in [-0.4, -0.2) is 29.7 Å². The monoisotopic (exact) mass is 331 g/mol. The Morgan fingerprint density at radius 3 is 2.71 bits per heavy atom. The average molecular weight is 331 g/mol. The molecule has 0 atom stereocenters. The van der Waals surface area contributed by atoms with Gasteiger partial charge in [-0.05, 0) is 24.6 Å². The predicted molar refractivity (Wildman–Crippen MR) is 73.5 cm³/mol. The lowest BCUT2D eigenvalue weighted by atomic mass is 10.2. The number of hydrogen-bond donors (Lipinski definition) is 2. The molecule has 1 heterocycles. The molecule has 2 rings (SSSR count). The summed E-state index contributed by atoms with van der Waals surface area (Å²) < 4.78 is 39.9. The van der Waals surface area contributed by atoms with Gasteiger partial charge in [0.25, 0.3) is 10.0 Å². The van der Waals surface area contributed by atoms with Crippen LogP contribution in [0.2, 0.25) is 0 Å². The minimum absolute atomic E-state index is 0.00743. The molecule has 2 N–H and O–H groups in total. The van der Waals surface area contributed by atoms with Gasteiger partial charge >= 0.3 is 5.97 Å². The third-order valence-corrected chi connectivity index (χ3v) is 4.92. The number of carbonyl (C=O) groups is 1. The Kier molecular flexibility index (Phi) is 4.19. The van der Waals surface area contributed by atoms with E-state index in [-0.39, 0.29) is 10.7 Å². The summed E-state index contributed by atoms with van der Waals surface area (Å²) in [6, 6.07) is 2.52.